The van der Waals surface area contributed by atoms with E-state index in [1.54, 1.807) is 30.7 Å². The average molecular weight is 302 g/mol. The fourth-order valence-corrected chi connectivity index (χ4v) is 3.00. The van der Waals surface area contributed by atoms with Crippen molar-refractivity contribution in [1.29, 1.82) is 0 Å². The molecule has 8 heteroatoms. The Bertz CT molecular complexity index is 381. The lowest BCUT2D eigenvalue weighted by Gasteiger charge is -2.13. The number of rotatable bonds is 9. The Hall–Kier alpha value is -0.700. The highest BCUT2D eigenvalue weighted by molar-refractivity contribution is 7.99. The lowest BCUT2D eigenvalue weighted by molar-refractivity contribution is -0.113. The van der Waals surface area contributed by atoms with Crippen molar-refractivity contribution in [2.45, 2.75) is 49.8 Å². The van der Waals surface area contributed by atoms with Crippen LogP contribution in [0.15, 0.2) is 5.16 Å². The van der Waals surface area contributed by atoms with Gasteiger partial charge in [0, 0.05) is 26.6 Å². The number of methoxy groups -OCH3 is 2. The predicted molar refractivity (Wildman–Crippen MR) is 74.6 cm³/mol. The number of hydrogen-bond donors (Lipinski definition) is 0. The zero-order chi connectivity index (χ0) is 14.2. The van der Waals surface area contributed by atoms with Crippen molar-refractivity contribution in [1.82, 2.24) is 20.2 Å². The maximum Gasteiger partial charge on any atom is 0.209 e. The topological polar surface area (TPSA) is 71.3 Å². The van der Waals surface area contributed by atoms with Gasteiger partial charge in [0.15, 0.2) is 6.29 Å². The smallest absolute Gasteiger partial charge is 0.209 e. The molecule has 1 saturated heterocycles. The van der Waals surface area contributed by atoms with Crippen LogP contribution >= 0.6 is 11.8 Å². The quantitative estimate of drug-likeness (QED) is 0.387. The number of hydrogen-bond acceptors (Lipinski definition) is 7. The van der Waals surface area contributed by atoms with Crippen LogP contribution in [0.3, 0.4) is 0 Å². The Kier molecular flexibility index (Phi) is 6.71. The van der Waals surface area contributed by atoms with E-state index >= 15 is 0 Å². The first kappa shape index (κ1) is 15.7. The maximum absolute atomic E-state index is 5.61. The molecule has 0 N–H and O–H groups in total. The summed E-state index contributed by atoms with van der Waals surface area (Å²) >= 11 is 1.66. The van der Waals surface area contributed by atoms with E-state index in [0.29, 0.717) is 12.6 Å². The lowest BCUT2D eigenvalue weighted by atomic mass is 10.1. The zero-order valence-corrected chi connectivity index (χ0v) is 12.8. The van der Waals surface area contributed by atoms with Gasteiger partial charge in [-0.1, -0.05) is 11.8 Å². The summed E-state index contributed by atoms with van der Waals surface area (Å²) in [5.74, 6) is 0.991. The second-order valence-corrected chi connectivity index (χ2v) is 5.73. The molecular weight excluding hydrogens is 280 g/mol. The molecule has 1 atom stereocenters. The summed E-state index contributed by atoms with van der Waals surface area (Å²) in [6, 6.07) is 0. The predicted octanol–water partition coefficient (Wildman–Crippen LogP) is 1.34. The summed E-state index contributed by atoms with van der Waals surface area (Å²) in [6.45, 7) is 1.42. The van der Waals surface area contributed by atoms with Crippen molar-refractivity contribution in [3.8, 4) is 0 Å². The molecule has 1 fully saturated rings. The van der Waals surface area contributed by atoms with Crippen LogP contribution in [0, 0.1) is 0 Å². The molecule has 1 aromatic heterocycles. The Balaban J connectivity index is 1.71. The standard InChI is InChI=1S/C12H22N4O3S/c1-17-11(18-2)9-16-12(13-14-15-16)20-8-4-6-10-5-3-7-19-10/h10-11H,3-9H2,1-2H3. The Morgan fingerprint density at radius 2 is 2.30 bits per heavy atom. The molecule has 0 aliphatic carbocycles. The van der Waals surface area contributed by atoms with Crippen LogP contribution in [-0.4, -0.2) is 59.2 Å². The molecule has 2 rings (SSSR count). The molecule has 1 aliphatic heterocycles. The number of aromatic nitrogens is 4. The molecule has 0 spiro atoms. The van der Waals surface area contributed by atoms with Gasteiger partial charge < -0.3 is 14.2 Å². The van der Waals surface area contributed by atoms with Crippen LogP contribution in [0.2, 0.25) is 0 Å². The second-order valence-electron chi connectivity index (χ2n) is 4.67. The molecule has 1 aliphatic rings. The summed E-state index contributed by atoms with van der Waals surface area (Å²) in [5.41, 5.74) is 0. The largest absolute Gasteiger partial charge is 0.378 e. The summed E-state index contributed by atoms with van der Waals surface area (Å²) in [6.07, 6.45) is 4.76. The molecule has 0 radical (unpaired) electrons. The molecule has 1 unspecified atom stereocenters. The van der Waals surface area contributed by atoms with Gasteiger partial charge in [0.2, 0.25) is 5.16 Å². The first-order valence-electron chi connectivity index (χ1n) is 6.89. The minimum atomic E-state index is -0.329. The maximum atomic E-state index is 5.61. The molecular formula is C12H22N4O3S. The molecule has 0 bridgehead atoms. The number of thioether (sulfide) groups is 1. The van der Waals surface area contributed by atoms with E-state index in [1.165, 1.54) is 12.8 Å². The van der Waals surface area contributed by atoms with Crippen molar-refractivity contribution >= 4 is 11.8 Å². The Morgan fingerprint density at radius 1 is 1.45 bits per heavy atom. The van der Waals surface area contributed by atoms with Gasteiger partial charge in [0.1, 0.15) is 0 Å². The van der Waals surface area contributed by atoms with Crippen LogP contribution in [0.4, 0.5) is 0 Å². The van der Waals surface area contributed by atoms with E-state index in [0.717, 1.165) is 30.4 Å². The highest BCUT2D eigenvalue weighted by atomic mass is 32.2. The first-order chi connectivity index (χ1) is 9.83. The van der Waals surface area contributed by atoms with E-state index in [-0.39, 0.29) is 6.29 Å². The van der Waals surface area contributed by atoms with E-state index < -0.39 is 0 Å². The summed E-state index contributed by atoms with van der Waals surface area (Å²) in [4.78, 5) is 0. The molecule has 0 saturated carbocycles. The first-order valence-corrected chi connectivity index (χ1v) is 7.88. The summed E-state index contributed by atoms with van der Waals surface area (Å²) in [7, 11) is 3.21. The van der Waals surface area contributed by atoms with Gasteiger partial charge in [0.05, 0.1) is 12.6 Å². The van der Waals surface area contributed by atoms with Crippen molar-refractivity contribution in [2.75, 3.05) is 26.6 Å². The molecule has 0 aromatic carbocycles. The highest BCUT2D eigenvalue weighted by Crippen LogP contribution is 2.21. The molecule has 0 amide bonds. The van der Waals surface area contributed by atoms with Crippen LogP contribution in [0.5, 0.6) is 0 Å². The van der Waals surface area contributed by atoms with E-state index in [2.05, 4.69) is 15.5 Å². The van der Waals surface area contributed by atoms with Gasteiger partial charge in [-0.2, -0.15) is 0 Å². The third kappa shape index (κ3) is 4.69. The van der Waals surface area contributed by atoms with Crippen LogP contribution < -0.4 is 0 Å². The SMILES string of the molecule is COC(Cn1nnnc1SCCCC1CCCO1)OC. The fraction of sp³-hybridized carbons (Fsp3) is 0.917. The molecule has 1 aromatic rings. The Morgan fingerprint density at radius 3 is 3.00 bits per heavy atom. The van der Waals surface area contributed by atoms with E-state index in [9.17, 15) is 0 Å². The summed E-state index contributed by atoms with van der Waals surface area (Å²) < 4.78 is 17.6. The molecule has 114 valence electrons. The van der Waals surface area contributed by atoms with Gasteiger partial charge in [0.25, 0.3) is 0 Å². The van der Waals surface area contributed by atoms with Crippen molar-refractivity contribution in [3.63, 3.8) is 0 Å². The van der Waals surface area contributed by atoms with Gasteiger partial charge in [-0.3, -0.25) is 0 Å². The number of ether oxygens (including phenoxy) is 3. The van der Waals surface area contributed by atoms with Crippen molar-refractivity contribution < 1.29 is 14.2 Å². The zero-order valence-electron chi connectivity index (χ0n) is 12.0. The van der Waals surface area contributed by atoms with Crippen molar-refractivity contribution in [3.05, 3.63) is 0 Å². The molecule has 7 nitrogen and oxygen atoms in total. The van der Waals surface area contributed by atoms with Crippen molar-refractivity contribution in [2.24, 2.45) is 0 Å². The second kappa shape index (κ2) is 8.56. The average Bonchev–Trinajstić information content (AvgIpc) is 3.12. The minimum absolute atomic E-state index is 0.329. The number of tetrazole rings is 1. The minimum Gasteiger partial charge on any atom is -0.378 e. The fourth-order valence-electron chi connectivity index (χ4n) is 2.15. The van der Waals surface area contributed by atoms with Gasteiger partial charge in [-0.25, -0.2) is 4.68 Å². The lowest BCUT2D eigenvalue weighted by Crippen LogP contribution is -2.22. The van der Waals surface area contributed by atoms with Gasteiger partial charge in [-0.15, -0.1) is 5.10 Å². The van der Waals surface area contributed by atoms with E-state index in [4.69, 9.17) is 14.2 Å². The van der Waals surface area contributed by atoms with Gasteiger partial charge in [-0.05, 0) is 36.1 Å². The third-order valence-electron chi connectivity index (χ3n) is 3.27. The monoisotopic (exact) mass is 302 g/mol. The Labute approximate surface area is 123 Å². The van der Waals surface area contributed by atoms with Crippen LogP contribution in [-0.2, 0) is 20.8 Å². The number of nitrogens with zero attached hydrogens (tertiary/aromatic N) is 4. The highest BCUT2D eigenvalue weighted by Gasteiger charge is 2.16. The normalized spacial score (nSPS) is 19.1. The third-order valence-corrected chi connectivity index (χ3v) is 4.32. The summed E-state index contributed by atoms with van der Waals surface area (Å²) in [5, 5.41) is 12.5. The van der Waals surface area contributed by atoms with Crippen LogP contribution in [0.1, 0.15) is 25.7 Å². The molecule has 20 heavy (non-hydrogen) atoms. The van der Waals surface area contributed by atoms with E-state index in [1.807, 2.05) is 0 Å². The molecule has 2 heterocycles. The van der Waals surface area contributed by atoms with Gasteiger partial charge >= 0.3 is 0 Å². The van der Waals surface area contributed by atoms with Crippen LogP contribution in [0.25, 0.3) is 0 Å².